The van der Waals surface area contributed by atoms with E-state index in [1.807, 2.05) is 13.8 Å². The smallest absolute Gasteiger partial charge is 0.309 e. The highest BCUT2D eigenvalue weighted by atomic mass is 16.5. The van der Waals surface area contributed by atoms with Crippen molar-refractivity contribution in [3.63, 3.8) is 0 Å². The normalized spacial score (nSPS) is 11.7. The number of ether oxygens (including phenoxy) is 1. The fourth-order valence-corrected chi connectivity index (χ4v) is 1.09. The minimum atomic E-state index is -0.558. The number of aliphatic hydroxyl groups is 1. The number of carbonyl (C=O) groups is 1. The molecule has 0 aliphatic heterocycles. The highest BCUT2D eigenvalue weighted by molar-refractivity contribution is 5.72. The lowest BCUT2D eigenvalue weighted by molar-refractivity contribution is -0.139. The standard InChI is InChI=1S/C11H18O3/c1-8(2)5-10(12)6-9(3)7-11(13)14-4/h5,10,12H,3,6-7H2,1-2,4H3. The fourth-order valence-electron chi connectivity index (χ4n) is 1.09. The highest BCUT2D eigenvalue weighted by Gasteiger charge is 2.07. The van der Waals surface area contributed by atoms with E-state index in [1.165, 1.54) is 7.11 Å². The van der Waals surface area contributed by atoms with Gasteiger partial charge < -0.3 is 9.84 Å². The van der Waals surface area contributed by atoms with Crippen molar-refractivity contribution >= 4 is 5.97 Å². The van der Waals surface area contributed by atoms with Gasteiger partial charge >= 0.3 is 5.97 Å². The van der Waals surface area contributed by atoms with Gasteiger partial charge in [0.15, 0.2) is 0 Å². The van der Waals surface area contributed by atoms with E-state index in [2.05, 4.69) is 11.3 Å². The predicted octanol–water partition coefficient (Wildman–Crippen LogP) is 1.82. The fraction of sp³-hybridized carbons (Fsp3) is 0.545. The maximum atomic E-state index is 10.8. The van der Waals surface area contributed by atoms with Crippen LogP contribution in [0.1, 0.15) is 26.7 Å². The summed E-state index contributed by atoms with van der Waals surface area (Å²) in [5, 5.41) is 9.49. The minimum Gasteiger partial charge on any atom is -0.469 e. The van der Waals surface area contributed by atoms with Crippen LogP contribution in [0, 0.1) is 0 Å². The molecule has 3 heteroatoms. The summed E-state index contributed by atoms with van der Waals surface area (Å²) in [7, 11) is 1.34. The van der Waals surface area contributed by atoms with Crippen LogP contribution in [-0.4, -0.2) is 24.3 Å². The van der Waals surface area contributed by atoms with Crippen molar-refractivity contribution in [2.45, 2.75) is 32.8 Å². The van der Waals surface area contributed by atoms with Gasteiger partial charge in [0.2, 0.25) is 0 Å². The second-order valence-electron chi connectivity index (χ2n) is 3.52. The monoisotopic (exact) mass is 198 g/mol. The van der Waals surface area contributed by atoms with Crippen molar-refractivity contribution in [3.8, 4) is 0 Å². The molecule has 0 saturated carbocycles. The van der Waals surface area contributed by atoms with Crippen molar-refractivity contribution < 1.29 is 14.6 Å². The number of carbonyl (C=O) groups excluding carboxylic acids is 1. The molecule has 0 aromatic heterocycles. The molecule has 0 aromatic rings. The third-order valence-electron chi connectivity index (χ3n) is 1.65. The molecule has 0 aliphatic carbocycles. The molecule has 0 fully saturated rings. The Hall–Kier alpha value is -1.09. The summed E-state index contributed by atoms with van der Waals surface area (Å²) in [5.41, 5.74) is 1.73. The summed E-state index contributed by atoms with van der Waals surface area (Å²) in [6.45, 7) is 7.52. The second-order valence-corrected chi connectivity index (χ2v) is 3.52. The number of hydrogen-bond donors (Lipinski definition) is 1. The van der Waals surface area contributed by atoms with Gasteiger partial charge in [-0.15, -0.1) is 0 Å². The van der Waals surface area contributed by atoms with Crippen molar-refractivity contribution in [3.05, 3.63) is 23.8 Å². The molecule has 80 valence electrons. The molecule has 0 bridgehead atoms. The van der Waals surface area contributed by atoms with Gasteiger partial charge in [-0.2, -0.15) is 0 Å². The van der Waals surface area contributed by atoms with Gasteiger partial charge in [-0.05, 0) is 20.3 Å². The summed E-state index contributed by atoms with van der Waals surface area (Å²) in [4.78, 5) is 10.8. The first-order chi connectivity index (χ1) is 6.45. The van der Waals surface area contributed by atoms with Gasteiger partial charge in [-0.1, -0.05) is 23.8 Å². The van der Waals surface area contributed by atoms with E-state index in [0.717, 1.165) is 5.57 Å². The van der Waals surface area contributed by atoms with E-state index in [4.69, 9.17) is 0 Å². The largest absolute Gasteiger partial charge is 0.469 e. The van der Waals surface area contributed by atoms with Crippen LogP contribution in [0.15, 0.2) is 23.8 Å². The predicted molar refractivity (Wildman–Crippen MR) is 55.8 cm³/mol. The number of rotatable bonds is 5. The van der Waals surface area contributed by atoms with Crippen LogP contribution >= 0.6 is 0 Å². The first-order valence-corrected chi connectivity index (χ1v) is 4.52. The number of hydrogen-bond acceptors (Lipinski definition) is 3. The van der Waals surface area contributed by atoms with Crippen LogP contribution < -0.4 is 0 Å². The van der Waals surface area contributed by atoms with Crippen molar-refractivity contribution in [1.82, 2.24) is 0 Å². The molecule has 0 aliphatic rings. The molecule has 0 amide bonds. The third kappa shape index (κ3) is 6.43. The van der Waals surface area contributed by atoms with Crippen molar-refractivity contribution in [1.29, 1.82) is 0 Å². The van der Waals surface area contributed by atoms with Crippen LogP contribution in [-0.2, 0) is 9.53 Å². The van der Waals surface area contributed by atoms with E-state index < -0.39 is 6.10 Å². The van der Waals surface area contributed by atoms with Crippen LogP contribution in [0.5, 0.6) is 0 Å². The molecule has 0 aromatic carbocycles. The van der Waals surface area contributed by atoms with Crippen molar-refractivity contribution in [2.24, 2.45) is 0 Å². The zero-order chi connectivity index (χ0) is 11.1. The Morgan fingerprint density at radius 2 is 2.14 bits per heavy atom. The Bertz CT molecular complexity index is 237. The summed E-state index contributed by atoms with van der Waals surface area (Å²) in [5.74, 6) is -0.320. The molecule has 0 heterocycles. The van der Waals surface area contributed by atoms with Gasteiger partial charge in [-0.3, -0.25) is 4.79 Å². The minimum absolute atomic E-state index is 0.171. The third-order valence-corrected chi connectivity index (χ3v) is 1.65. The molecule has 1 atom stereocenters. The van der Waals surface area contributed by atoms with Gasteiger partial charge in [0.1, 0.15) is 0 Å². The van der Waals surface area contributed by atoms with E-state index in [9.17, 15) is 9.90 Å². The maximum absolute atomic E-state index is 10.8. The van der Waals surface area contributed by atoms with Crippen LogP contribution in [0.3, 0.4) is 0 Å². The van der Waals surface area contributed by atoms with Gasteiger partial charge in [-0.25, -0.2) is 0 Å². The zero-order valence-corrected chi connectivity index (χ0v) is 9.04. The molecule has 14 heavy (non-hydrogen) atoms. The zero-order valence-electron chi connectivity index (χ0n) is 9.04. The van der Waals surface area contributed by atoms with E-state index in [-0.39, 0.29) is 12.4 Å². The van der Waals surface area contributed by atoms with Crippen LogP contribution in [0.2, 0.25) is 0 Å². The van der Waals surface area contributed by atoms with E-state index in [1.54, 1.807) is 6.08 Å². The topological polar surface area (TPSA) is 46.5 Å². The Labute approximate surface area is 85.1 Å². The van der Waals surface area contributed by atoms with Gasteiger partial charge in [0, 0.05) is 0 Å². The first-order valence-electron chi connectivity index (χ1n) is 4.52. The van der Waals surface area contributed by atoms with Gasteiger partial charge in [0.05, 0.1) is 19.6 Å². The number of esters is 1. The maximum Gasteiger partial charge on any atom is 0.309 e. The lowest BCUT2D eigenvalue weighted by Gasteiger charge is -2.08. The summed E-state index contributed by atoms with van der Waals surface area (Å²) >= 11 is 0. The molecular formula is C11H18O3. The number of allylic oxidation sites excluding steroid dienone is 1. The SMILES string of the molecule is C=C(CC(=O)OC)CC(O)C=C(C)C. The Balaban J connectivity index is 3.95. The second kappa shape index (κ2) is 6.38. The molecule has 1 N–H and O–H groups in total. The van der Waals surface area contributed by atoms with E-state index in [0.29, 0.717) is 12.0 Å². The Kier molecular flexibility index (Phi) is 5.88. The number of aliphatic hydroxyl groups excluding tert-OH is 1. The quantitative estimate of drug-likeness (QED) is 0.541. The summed E-state index contributed by atoms with van der Waals surface area (Å²) in [6.07, 6.45) is 1.75. The molecule has 0 rings (SSSR count). The van der Waals surface area contributed by atoms with E-state index >= 15 is 0 Å². The van der Waals surface area contributed by atoms with Crippen LogP contribution in [0.4, 0.5) is 0 Å². The van der Waals surface area contributed by atoms with Crippen molar-refractivity contribution in [2.75, 3.05) is 7.11 Å². The van der Waals surface area contributed by atoms with Crippen LogP contribution in [0.25, 0.3) is 0 Å². The molecule has 0 saturated heterocycles. The average Bonchev–Trinajstić information content (AvgIpc) is 2.01. The Morgan fingerprint density at radius 3 is 2.57 bits per heavy atom. The molecule has 0 radical (unpaired) electrons. The lowest BCUT2D eigenvalue weighted by Crippen LogP contribution is -2.08. The molecule has 1 unspecified atom stereocenters. The summed E-state index contributed by atoms with van der Waals surface area (Å²) in [6, 6.07) is 0. The lowest BCUT2D eigenvalue weighted by atomic mass is 10.1. The number of methoxy groups -OCH3 is 1. The summed E-state index contributed by atoms with van der Waals surface area (Å²) < 4.78 is 4.49. The molecule has 0 spiro atoms. The van der Waals surface area contributed by atoms with Gasteiger partial charge in [0.25, 0.3) is 0 Å². The molecule has 3 nitrogen and oxygen atoms in total. The Morgan fingerprint density at radius 1 is 1.57 bits per heavy atom. The highest BCUT2D eigenvalue weighted by Crippen LogP contribution is 2.10. The average molecular weight is 198 g/mol. The molecular weight excluding hydrogens is 180 g/mol. The first kappa shape index (κ1) is 12.9.